The van der Waals surface area contributed by atoms with Gasteiger partial charge in [-0.15, -0.1) is 5.73 Å². The van der Waals surface area contributed by atoms with Crippen molar-refractivity contribution < 1.29 is 4.79 Å². The molecular weight excluding hydrogens is 376 g/mol. The number of aryl methyl sites for hydroxylation is 3. The van der Waals surface area contributed by atoms with Crippen LogP contribution < -0.4 is 0 Å². The summed E-state index contributed by atoms with van der Waals surface area (Å²) in [5.74, 6) is 0. The molecule has 0 fully saturated rings. The Morgan fingerprint density at radius 2 is 1.83 bits per heavy atom. The lowest BCUT2D eigenvalue weighted by Gasteiger charge is -2.09. The molecule has 0 aromatic heterocycles. The van der Waals surface area contributed by atoms with E-state index in [1.165, 1.54) is 16.7 Å². The molecule has 1 nitrogen and oxygen atoms in total. The molecule has 0 aliphatic heterocycles. The van der Waals surface area contributed by atoms with Crippen LogP contribution in [0.4, 0.5) is 0 Å². The number of allylic oxidation sites excluding steroid dienone is 1. The lowest BCUT2D eigenvalue weighted by molar-refractivity contribution is 0.112. The van der Waals surface area contributed by atoms with E-state index in [2.05, 4.69) is 56.8 Å². The molecule has 0 amide bonds. The second-order valence-electron chi connectivity index (χ2n) is 7.30. The molecule has 0 radical (unpaired) electrons. The minimum absolute atomic E-state index is 0.713. The number of hydrogen-bond acceptors (Lipinski definition) is 1. The zero-order valence-corrected chi connectivity index (χ0v) is 17.9. The number of rotatable bonds is 6. The third-order valence-electron chi connectivity index (χ3n) is 5.21. The molecule has 3 rings (SSSR count). The maximum absolute atomic E-state index is 11.2. The van der Waals surface area contributed by atoms with Crippen LogP contribution in [0.1, 0.15) is 50.7 Å². The highest BCUT2D eigenvalue weighted by molar-refractivity contribution is 6.30. The maximum atomic E-state index is 11.2. The van der Waals surface area contributed by atoms with Gasteiger partial charge >= 0.3 is 0 Å². The Bertz CT molecular complexity index is 1100. The Hall–Kier alpha value is -2.86. The van der Waals surface area contributed by atoms with Crippen molar-refractivity contribution in [2.24, 2.45) is 0 Å². The van der Waals surface area contributed by atoms with E-state index >= 15 is 0 Å². The predicted octanol–water partition coefficient (Wildman–Crippen LogP) is 7.27. The fourth-order valence-corrected chi connectivity index (χ4v) is 3.53. The van der Waals surface area contributed by atoms with Gasteiger partial charge in [0.2, 0.25) is 0 Å². The van der Waals surface area contributed by atoms with E-state index in [-0.39, 0.29) is 0 Å². The molecule has 0 bridgehead atoms. The average Bonchev–Trinajstić information content (AvgIpc) is 2.73. The molecule has 0 aliphatic carbocycles. The summed E-state index contributed by atoms with van der Waals surface area (Å²) in [6, 6.07) is 20.4. The number of carbonyl (C=O) groups is 1. The van der Waals surface area contributed by atoms with Gasteiger partial charge < -0.3 is 0 Å². The van der Waals surface area contributed by atoms with E-state index < -0.39 is 0 Å². The normalized spacial score (nSPS) is 10.3. The van der Waals surface area contributed by atoms with Gasteiger partial charge in [-0.25, -0.2) is 0 Å². The first-order chi connectivity index (χ1) is 14.0. The second-order valence-corrected chi connectivity index (χ2v) is 7.74. The summed E-state index contributed by atoms with van der Waals surface area (Å²) in [4.78, 5) is 11.2. The molecule has 0 aliphatic rings. The van der Waals surface area contributed by atoms with E-state index in [9.17, 15) is 4.79 Å². The minimum Gasteiger partial charge on any atom is -0.298 e. The van der Waals surface area contributed by atoms with Crippen molar-refractivity contribution in [3.05, 3.63) is 110 Å². The Kier molecular flexibility index (Phi) is 6.88. The summed E-state index contributed by atoms with van der Waals surface area (Å²) < 4.78 is 0. The van der Waals surface area contributed by atoms with Gasteiger partial charge in [-0.05, 0) is 71.9 Å². The topological polar surface area (TPSA) is 17.1 Å². The molecule has 0 saturated heterocycles. The molecule has 3 aromatic rings. The van der Waals surface area contributed by atoms with Crippen molar-refractivity contribution in [3.63, 3.8) is 0 Å². The fourth-order valence-electron chi connectivity index (χ4n) is 3.34. The third-order valence-corrected chi connectivity index (χ3v) is 5.45. The van der Waals surface area contributed by atoms with Crippen molar-refractivity contribution in [3.8, 4) is 0 Å². The minimum atomic E-state index is 0.713. The SMILES string of the molecule is CCc1cc(C=C=C(Cc2ccc(C)c(C)c2)c2cccc(Cl)c2)ccc1C=O. The molecule has 3 aromatic carbocycles. The van der Waals surface area contributed by atoms with Crippen LogP contribution in [0.2, 0.25) is 5.02 Å². The van der Waals surface area contributed by atoms with Crippen molar-refractivity contribution in [1.82, 2.24) is 0 Å². The van der Waals surface area contributed by atoms with Crippen molar-refractivity contribution in [2.75, 3.05) is 0 Å². The Morgan fingerprint density at radius 3 is 2.52 bits per heavy atom. The maximum Gasteiger partial charge on any atom is 0.150 e. The Labute approximate surface area is 178 Å². The van der Waals surface area contributed by atoms with Gasteiger partial charge in [-0.2, -0.15) is 0 Å². The molecule has 0 saturated carbocycles. The molecule has 2 heteroatoms. The van der Waals surface area contributed by atoms with E-state index in [0.717, 1.165) is 47.0 Å². The second kappa shape index (κ2) is 9.56. The molecule has 29 heavy (non-hydrogen) atoms. The number of benzene rings is 3. The predicted molar refractivity (Wildman–Crippen MR) is 124 cm³/mol. The van der Waals surface area contributed by atoms with Crippen molar-refractivity contribution in [1.29, 1.82) is 0 Å². The molecule has 0 spiro atoms. The number of aldehydes is 1. The Balaban J connectivity index is 2.05. The summed E-state index contributed by atoms with van der Waals surface area (Å²) in [5.41, 5.74) is 12.3. The van der Waals surface area contributed by atoms with Crippen LogP contribution in [0.3, 0.4) is 0 Å². The molecule has 146 valence electrons. The highest BCUT2D eigenvalue weighted by Crippen LogP contribution is 2.24. The van der Waals surface area contributed by atoms with Crippen LogP contribution in [0.15, 0.2) is 66.4 Å². The van der Waals surface area contributed by atoms with E-state index in [4.69, 9.17) is 11.6 Å². The summed E-state index contributed by atoms with van der Waals surface area (Å²) in [7, 11) is 0. The van der Waals surface area contributed by atoms with Crippen molar-refractivity contribution >= 4 is 29.5 Å². The molecule has 0 N–H and O–H groups in total. The average molecular weight is 401 g/mol. The van der Waals surface area contributed by atoms with Crippen LogP contribution in [0.5, 0.6) is 0 Å². The highest BCUT2D eigenvalue weighted by Gasteiger charge is 2.06. The monoisotopic (exact) mass is 400 g/mol. The van der Waals surface area contributed by atoms with Gasteiger partial charge in [0.05, 0.1) is 0 Å². The lowest BCUT2D eigenvalue weighted by Crippen LogP contribution is -1.93. The van der Waals surface area contributed by atoms with Gasteiger partial charge in [-0.3, -0.25) is 4.79 Å². The van der Waals surface area contributed by atoms with Crippen molar-refractivity contribution in [2.45, 2.75) is 33.6 Å². The van der Waals surface area contributed by atoms with Crippen LogP contribution in [0, 0.1) is 13.8 Å². The van der Waals surface area contributed by atoms with Gasteiger partial charge in [-0.1, -0.05) is 67.1 Å². The summed E-state index contributed by atoms with van der Waals surface area (Å²) >= 11 is 6.24. The van der Waals surface area contributed by atoms with E-state index in [0.29, 0.717) is 5.02 Å². The molecule has 0 unspecified atom stereocenters. The van der Waals surface area contributed by atoms with Gasteiger partial charge in [0.15, 0.2) is 0 Å². The van der Waals surface area contributed by atoms with Crippen LogP contribution in [0.25, 0.3) is 11.6 Å². The first-order valence-corrected chi connectivity index (χ1v) is 10.2. The van der Waals surface area contributed by atoms with Gasteiger partial charge in [0.1, 0.15) is 6.29 Å². The van der Waals surface area contributed by atoms with Gasteiger partial charge in [0, 0.05) is 22.6 Å². The van der Waals surface area contributed by atoms with E-state index in [1.54, 1.807) is 0 Å². The smallest absolute Gasteiger partial charge is 0.150 e. The first-order valence-electron chi connectivity index (χ1n) is 9.86. The largest absolute Gasteiger partial charge is 0.298 e. The zero-order chi connectivity index (χ0) is 20.8. The number of carbonyl (C=O) groups excluding carboxylic acids is 1. The van der Waals surface area contributed by atoms with Crippen LogP contribution >= 0.6 is 11.6 Å². The zero-order valence-electron chi connectivity index (χ0n) is 17.1. The summed E-state index contributed by atoms with van der Waals surface area (Å²) in [6.07, 6.45) is 4.50. The summed E-state index contributed by atoms with van der Waals surface area (Å²) in [6.45, 7) is 6.32. The number of halogens is 1. The standard InChI is InChI=1S/C27H25ClO/c1-4-23-15-21(11-13-26(23)18-29)10-12-25(24-6-5-7-27(28)17-24)16-22-9-8-19(2)20(3)14-22/h5-11,13-15,17-18H,4,16H2,1-3H3. The fraction of sp³-hybridized carbons (Fsp3) is 0.185. The quantitative estimate of drug-likeness (QED) is 0.314. The third kappa shape index (κ3) is 5.35. The highest BCUT2D eigenvalue weighted by atomic mass is 35.5. The van der Waals surface area contributed by atoms with E-state index in [1.807, 2.05) is 36.4 Å². The van der Waals surface area contributed by atoms with Gasteiger partial charge in [0.25, 0.3) is 0 Å². The Morgan fingerprint density at radius 1 is 1.00 bits per heavy atom. The van der Waals surface area contributed by atoms with Crippen LogP contribution in [-0.2, 0) is 12.8 Å². The summed E-state index contributed by atoms with van der Waals surface area (Å²) in [5, 5.41) is 0.713. The molecule has 0 heterocycles. The molecule has 0 atom stereocenters. The van der Waals surface area contributed by atoms with Crippen LogP contribution in [-0.4, -0.2) is 6.29 Å². The number of hydrogen-bond donors (Lipinski definition) is 0. The molecular formula is C27H25ClO. The first kappa shape index (κ1) is 20.9. The lowest BCUT2D eigenvalue weighted by atomic mass is 9.96.